The van der Waals surface area contributed by atoms with Crippen LogP contribution in [0.1, 0.15) is 32.6 Å². The van der Waals surface area contributed by atoms with Crippen molar-refractivity contribution in [3.8, 4) is 0 Å². The molecule has 3 heteroatoms. The van der Waals surface area contributed by atoms with Crippen LogP contribution in [0.4, 0.5) is 0 Å². The zero-order valence-electron chi connectivity index (χ0n) is 5.87. The first-order valence-corrected chi connectivity index (χ1v) is 11.6. The second kappa shape index (κ2) is 7.32. The van der Waals surface area contributed by atoms with Gasteiger partial charge in [-0.25, -0.2) is 0 Å². The molecule has 9 heavy (non-hydrogen) atoms. The van der Waals surface area contributed by atoms with Crippen LogP contribution in [-0.2, 0) is 0 Å². The summed E-state index contributed by atoms with van der Waals surface area (Å²) in [5, 5.41) is 0. The van der Waals surface area contributed by atoms with Crippen LogP contribution in [0.15, 0.2) is 0 Å². The molecule has 0 aliphatic heterocycles. The van der Waals surface area contributed by atoms with E-state index in [2.05, 4.69) is 6.92 Å². The molecule has 0 heterocycles. The molecule has 0 amide bonds. The van der Waals surface area contributed by atoms with Crippen LogP contribution in [0.3, 0.4) is 0 Å². The molecular weight excluding hydrogens is 213 g/mol. The number of unbranched alkanes of at least 4 members (excludes halogenated alkanes) is 3. The monoisotopic (exact) mass is 224 g/mol. The molecule has 0 unspecified atom stereocenters. The molecule has 0 aliphatic rings. The van der Waals surface area contributed by atoms with Crippen molar-refractivity contribution < 1.29 is 0 Å². The molecule has 0 saturated carbocycles. The minimum absolute atomic E-state index is 1.14. The Morgan fingerprint density at radius 3 is 2.22 bits per heavy atom. The maximum atomic E-state index is 5.71. The summed E-state index contributed by atoms with van der Waals surface area (Å²) in [6, 6.07) is 0. The SMILES string of the molecule is CCCCC[CH2][Ga]([Cl])[Cl]. The number of halogens is 2. The van der Waals surface area contributed by atoms with Crippen LogP contribution in [0.5, 0.6) is 0 Å². The van der Waals surface area contributed by atoms with E-state index in [1.54, 1.807) is 0 Å². The third-order valence-electron chi connectivity index (χ3n) is 1.28. The van der Waals surface area contributed by atoms with E-state index in [0.29, 0.717) is 0 Å². The van der Waals surface area contributed by atoms with Gasteiger partial charge in [0.15, 0.2) is 0 Å². The van der Waals surface area contributed by atoms with Crippen LogP contribution < -0.4 is 0 Å². The van der Waals surface area contributed by atoms with Crippen molar-refractivity contribution in [2.45, 2.75) is 37.6 Å². The predicted molar refractivity (Wildman–Crippen MR) is 46.4 cm³/mol. The fourth-order valence-corrected chi connectivity index (χ4v) is 3.58. The van der Waals surface area contributed by atoms with E-state index in [-0.39, 0.29) is 0 Å². The molecule has 0 spiro atoms. The van der Waals surface area contributed by atoms with Gasteiger partial charge in [0.25, 0.3) is 0 Å². The Hall–Kier alpha value is 1.22. The normalized spacial score (nSPS) is 9.67. The molecule has 0 rings (SSSR count). The molecular formula is C6H13Cl2Ga. The van der Waals surface area contributed by atoms with E-state index in [1.165, 1.54) is 25.7 Å². The van der Waals surface area contributed by atoms with E-state index >= 15 is 0 Å². The zero-order chi connectivity index (χ0) is 7.11. The average molecular weight is 226 g/mol. The first kappa shape index (κ1) is 10.2. The van der Waals surface area contributed by atoms with Gasteiger partial charge >= 0.3 is 71.1 Å². The second-order valence-corrected chi connectivity index (χ2v) is 11.7. The summed E-state index contributed by atoms with van der Waals surface area (Å²) < 4.78 is 0. The molecule has 0 aromatic carbocycles. The van der Waals surface area contributed by atoms with Crippen molar-refractivity contribution in [1.82, 2.24) is 0 Å². The molecule has 54 valence electrons. The van der Waals surface area contributed by atoms with Gasteiger partial charge in [-0.15, -0.1) is 0 Å². The second-order valence-electron chi connectivity index (χ2n) is 2.24. The van der Waals surface area contributed by atoms with Gasteiger partial charge in [-0.1, -0.05) is 0 Å². The Labute approximate surface area is 71.0 Å². The Kier molecular flexibility index (Phi) is 8.31. The molecule has 0 radical (unpaired) electrons. The van der Waals surface area contributed by atoms with Crippen LogP contribution in [0, 0.1) is 0 Å². The summed E-state index contributed by atoms with van der Waals surface area (Å²) in [5.41, 5.74) is 0. The van der Waals surface area contributed by atoms with Gasteiger partial charge in [0.1, 0.15) is 0 Å². The van der Waals surface area contributed by atoms with Crippen LogP contribution in [-0.4, -0.2) is 14.2 Å². The number of rotatable bonds is 5. The molecule has 0 saturated heterocycles. The Balaban J connectivity index is 2.75. The van der Waals surface area contributed by atoms with Crippen LogP contribution in [0.2, 0.25) is 4.98 Å². The van der Waals surface area contributed by atoms with Crippen LogP contribution in [0.25, 0.3) is 0 Å². The van der Waals surface area contributed by atoms with Gasteiger partial charge in [0.2, 0.25) is 0 Å². The topological polar surface area (TPSA) is 0 Å². The van der Waals surface area contributed by atoms with Gasteiger partial charge in [-0.05, 0) is 0 Å². The summed E-state index contributed by atoms with van der Waals surface area (Å²) in [6.45, 7) is 2.21. The summed E-state index contributed by atoms with van der Waals surface area (Å²) in [7, 11) is 11.4. The zero-order valence-corrected chi connectivity index (χ0v) is 9.80. The van der Waals surface area contributed by atoms with Crippen molar-refractivity contribution in [3.05, 3.63) is 0 Å². The quantitative estimate of drug-likeness (QED) is 0.496. The standard InChI is InChI=1S/C6H13.2ClH.Ga/c1-3-5-6-4-2;;;/h1,3-6H2,2H3;2*1H;/q;;;+2/p-2. The molecule has 0 nitrogen and oxygen atoms in total. The number of hydrogen-bond acceptors (Lipinski definition) is 0. The van der Waals surface area contributed by atoms with Crippen molar-refractivity contribution in [1.29, 1.82) is 0 Å². The van der Waals surface area contributed by atoms with Gasteiger partial charge in [0.05, 0.1) is 0 Å². The Morgan fingerprint density at radius 2 is 1.78 bits per heavy atom. The fourth-order valence-electron chi connectivity index (χ4n) is 0.725. The van der Waals surface area contributed by atoms with Gasteiger partial charge < -0.3 is 0 Å². The third-order valence-corrected chi connectivity index (χ3v) is 5.32. The molecule has 0 bridgehead atoms. The van der Waals surface area contributed by atoms with Gasteiger partial charge in [-0.3, -0.25) is 0 Å². The van der Waals surface area contributed by atoms with Crippen LogP contribution >= 0.6 is 19.3 Å². The van der Waals surface area contributed by atoms with Crippen molar-refractivity contribution in [3.63, 3.8) is 0 Å². The first-order valence-electron chi connectivity index (χ1n) is 3.55. The maximum absolute atomic E-state index is 5.71. The minimum atomic E-state index is -1.66. The average Bonchev–Trinajstić information content (AvgIpc) is 1.80. The van der Waals surface area contributed by atoms with E-state index in [4.69, 9.17) is 19.3 Å². The molecule has 0 aromatic heterocycles. The van der Waals surface area contributed by atoms with Crippen molar-refractivity contribution in [2.24, 2.45) is 0 Å². The molecule has 0 fully saturated rings. The number of hydrogen-bond donors (Lipinski definition) is 0. The Morgan fingerprint density at radius 1 is 1.11 bits per heavy atom. The molecule has 0 aromatic rings. The predicted octanol–water partition coefficient (Wildman–Crippen LogP) is 3.53. The van der Waals surface area contributed by atoms with Crippen molar-refractivity contribution >= 4 is 33.5 Å². The molecule has 0 aliphatic carbocycles. The van der Waals surface area contributed by atoms with Gasteiger partial charge in [0, 0.05) is 0 Å². The fraction of sp³-hybridized carbons (Fsp3) is 1.00. The van der Waals surface area contributed by atoms with E-state index in [9.17, 15) is 0 Å². The summed E-state index contributed by atoms with van der Waals surface area (Å²) in [5.74, 6) is 0. The van der Waals surface area contributed by atoms with E-state index in [0.717, 1.165) is 4.98 Å². The van der Waals surface area contributed by atoms with Crippen molar-refractivity contribution in [2.75, 3.05) is 0 Å². The van der Waals surface area contributed by atoms with E-state index < -0.39 is 14.2 Å². The van der Waals surface area contributed by atoms with E-state index in [1.807, 2.05) is 0 Å². The molecule has 0 N–H and O–H groups in total. The molecule has 0 atom stereocenters. The first-order chi connectivity index (χ1) is 4.27. The third kappa shape index (κ3) is 9.22. The summed E-state index contributed by atoms with van der Waals surface area (Å²) in [4.78, 5) is 1.14. The summed E-state index contributed by atoms with van der Waals surface area (Å²) >= 11 is -1.66. The van der Waals surface area contributed by atoms with Gasteiger partial charge in [-0.2, -0.15) is 0 Å². The summed E-state index contributed by atoms with van der Waals surface area (Å²) in [6.07, 6.45) is 5.20. The Bertz CT molecular complexity index is 57.0.